The van der Waals surface area contributed by atoms with Crippen LogP contribution in [0.15, 0.2) is 0 Å². The summed E-state index contributed by atoms with van der Waals surface area (Å²) in [4.78, 5) is 16.8. The van der Waals surface area contributed by atoms with Gasteiger partial charge in [-0.3, -0.25) is 4.79 Å². The maximum absolute atomic E-state index is 12.5. The predicted molar refractivity (Wildman–Crippen MR) is 73.5 cm³/mol. The Morgan fingerprint density at radius 1 is 1.44 bits per heavy atom. The molecule has 0 aliphatic carbocycles. The van der Waals surface area contributed by atoms with Gasteiger partial charge in [0.2, 0.25) is 5.91 Å². The summed E-state index contributed by atoms with van der Waals surface area (Å²) in [5.74, 6) is 0.957. The first-order valence-corrected chi connectivity index (χ1v) is 7.20. The number of carbonyl (C=O) groups excluding carboxylic acids is 1. The van der Waals surface area contributed by atoms with E-state index in [0.717, 1.165) is 25.9 Å². The SMILES string of the molecule is CN1CCC(CN(C)C(=O)C2(C)CCCN2)CC1. The Morgan fingerprint density at radius 2 is 2.11 bits per heavy atom. The average Bonchev–Trinajstić information content (AvgIpc) is 2.79. The Hall–Kier alpha value is -0.610. The van der Waals surface area contributed by atoms with E-state index in [-0.39, 0.29) is 11.4 Å². The van der Waals surface area contributed by atoms with Crippen molar-refractivity contribution in [3.05, 3.63) is 0 Å². The molecule has 0 bridgehead atoms. The molecule has 4 nitrogen and oxygen atoms in total. The van der Waals surface area contributed by atoms with E-state index in [2.05, 4.69) is 17.3 Å². The van der Waals surface area contributed by atoms with Crippen molar-refractivity contribution in [1.82, 2.24) is 15.1 Å². The number of amides is 1. The summed E-state index contributed by atoms with van der Waals surface area (Å²) < 4.78 is 0. The number of hydrogen-bond donors (Lipinski definition) is 1. The van der Waals surface area contributed by atoms with Crippen LogP contribution < -0.4 is 5.32 Å². The molecule has 4 heteroatoms. The molecule has 0 spiro atoms. The Kier molecular flexibility index (Phi) is 4.28. The minimum atomic E-state index is -0.305. The second kappa shape index (κ2) is 5.57. The van der Waals surface area contributed by atoms with E-state index in [1.54, 1.807) is 0 Å². The minimum absolute atomic E-state index is 0.277. The molecule has 2 aliphatic rings. The lowest BCUT2D eigenvalue weighted by atomic mass is 9.94. The van der Waals surface area contributed by atoms with Gasteiger partial charge in [-0.2, -0.15) is 0 Å². The van der Waals surface area contributed by atoms with E-state index in [9.17, 15) is 4.79 Å². The van der Waals surface area contributed by atoms with Crippen LogP contribution in [0.2, 0.25) is 0 Å². The van der Waals surface area contributed by atoms with Gasteiger partial charge in [-0.25, -0.2) is 0 Å². The average molecular weight is 253 g/mol. The highest BCUT2D eigenvalue weighted by Gasteiger charge is 2.38. The highest BCUT2D eigenvalue weighted by Crippen LogP contribution is 2.23. The fourth-order valence-corrected chi connectivity index (χ4v) is 3.21. The smallest absolute Gasteiger partial charge is 0.242 e. The molecule has 104 valence electrons. The fourth-order valence-electron chi connectivity index (χ4n) is 3.21. The zero-order chi connectivity index (χ0) is 13.2. The van der Waals surface area contributed by atoms with Gasteiger partial charge < -0.3 is 15.1 Å². The number of nitrogens with one attached hydrogen (secondary N) is 1. The number of likely N-dealkylation sites (tertiary alicyclic amines) is 1. The molecule has 0 radical (unpaired) electrons. The highest BCUT2D eigenvalue weighted by molar-refractivity contribution is 5.86. The number of nitrogens with zero attached hydrogens (tertiary/aromatic N) is 2. The number of carbonyl (C=O) groups is 1. The van der Waals surface area contributed by atoms with Crippen molar-refractivity contribution in [2.75, 3.05) is 40.3 Å². The van der Waals surface area contributed by atoms with Gasteiger partial charge in [0.1, 0.15) is 0 Å². The zero-order valence-electron chi connectivity index (χ0n) is 12.0. The molecule has 0 saturated carbocycles. The summed E-state index contributed by atoms with van der Waals surface area (Å²) in [6.45, 7) is 6.28. The van der Waals surface area contributed by atoms with Gasteiger partial charge in [-0.05, 0) is 65.2 Å². The summed E-state index contributed by atoms with van der Waals surface area (Å²) in [5, 5.41) is 3.36. The second-order valence-electron chi connectivity index (χ2n) is 6.29. The Morgan fingerprint density at radius 3 is 2.67 bits per heavy atom. The zero-order valence-corrected chi connectivity index (χ0v) is 12.0. The molecule has 1 N–H and O–H groups in total. The first kappa shape index (κ1) is 13.8. The first-order chi connectivity index (χ1) is 8.51. The van der Waals surface area contributed by atoms with Gasteiger partial charge >= 0.3 is 0 Å². The molecule has 2 rings (SSSR count). The quantitative estimate of drug-likeness (QED) is 0.813. The maximum atomic E-state index is 12.5. The molecular weight excluding hydrogens is 226 g/mol. The summed E-state index contributed by atoms with van der Waals surface area (Å²) in [7, 11) is 4.14. The molecule has 1 unspecified atom stereocenters. The number of likely N-dealkylation sites (N-methyl/N-ethyl adjacent to an activating group) is 1. The normalized spacial score (nSPS) is 30.6. The van der Waals surface area contributed by atoms with Crippen molar-refractivity contribution >= 4 is 5.91 Å². The van der Waals surface area contributed by atoms with Gasteiger partial charge in [-0.1, -0.05) is 0 Å². The molecule has 1 atom stereocenters. The second-order valence-corrected chi connectivity index (χ2v) is 6.29. The standard InChI is InChI=1S/C14H27N3O/c1-14(7-4-8-15-14)13(18)17(3)11-12-5-9-16(2)10-6-12/h12,15H,4-11H2,1-3H3. The monoisotopic (exact) mass is 253 g/mol. The minimum Gasteiger partial charge on any atom is -0.344 e. The first-order valence-electron chi connectivity index (χ1n) is 7.20. The third-order valence-electron chi connectivity index (χ3n) is 4.56. The maximum Gasteiger partial charge on any atom is 0.242 e. The summed E-state index contributed by atoms with van der Waals surface area (Å²) in [6, 6.07) is 0. The summed E-state index contributed by atoms with van der Waals surface area (Å²) >= 11 is 0. The molecule has 0 aromatic carbocycles. The predicted octanol–water partition coefficient (Wildman–Crippen LogP) is 0.929. The van der Waals surface area contributed by atoms with E-state index in [1.165, 1.54) is 25.9 Å². The van der Waals surface area contributed by atoms with Gasteiger partial charge in [0.25, 0.3) is 0 Å². The van der Waals surface area contributed by atoms with Crippen LogP contribution in [-0.2, 0) is 4.79 Å². The van der Waals surface area contributed by atoms with E-state index in [1.807, 2.05) is 18.9 Å². The van der Waals surface area contributed by atoms with E-state index in [0.29, 0.717) is 5.92 Å². The lowest BCUT2D eigenvalue weighted by molar-refractivity contribution is -0.136. The van der Waals surface area contributed by atoms with Crippen LogP contribution in [0.4, 0.5) is 0 Å². The summed E-state index contributed by atoms with van der Waals surface area (Å²) in [6.07, 6.45) is 4.53. The lowest BCUT2D eigenvalue weighted by Crippen LogP contribution is -2.53. The van der Waals surface area contributed by atoms with Crippen LogP contribution in [0, 0.1) is 5.92 Å². The number of piperidine rings is 1. The van der Waals surface area contributed by atoms with E-state index in [4.69, 9.17) is 0 Å². The third kappa shape index (κ3) is 3.04. The molecule has 2 saturated heterocycles. The molecule has 2 fully saturated rings. The van der Waals surface area contributed by atoms with Crippen LogP contribution in [0.3, 0.4) is 0 Å². The molecular formula is C14H27N3O. The van der Waals surface area contributed by atoms with Crippen LogP contribution in [0.25, 0.3) is 0 Å². The van der Waals surface area contributed by atoms with Crippen molar-refractivity contribution < 1.29 is 4.79 Å². The van der Waals surface area contributed by atoms with Crippen LogP contribution in [-0.4, -0.2) is 61.5 Å². The molecule has 1 amide bonds. The lowest BCUT2D eigenvalue weighted by Gasteiger charge is -2.34. The van der Waals surface area contributed by atoms with E-state index >= 15 is 0 Å². The van der Waals surface area contributed by atoms with Gasteiger partial charge in [0.15, 0.2) is 0 Å². The fraction of sp³-hybridized carbons (Fsp3) is 0.929. The number of hydrogen-bond acceptors (Lipinski definition) is 3. The van der Waals surface area contributed by atoms with E-state index < -0.39 is 0 Å². The van der Waals surface area contributed by atoms with Gasteiger partial charge in [0, 0.05) is 13.6 Å². The van der Waals surface area contributed by atoms with Crippen LogP contribution >= 0.6 is 0 Å². The highest BCUT2D eigenvalue weighted by atomic mass is 16.2. The Bertz CT molecular complexity index is 291. The molecule has 0 aromatic rings. The van der Waals surface area contributed by atoms with Crippen molar-refractivity contribution in [2.45, 2.75) is 38.1 Å². The molecule has 2 heterocycles. The molecule has 18 heavy (non-hydrogen) atoms. The van der Waals surface area contributed by atoms with Crippen molar-refractivity contribution in [1.29, 1.82) is 0 Å². The Labute approximate surface area is 111 Å². The number of rotatable bonds is 3. The molecule has 2 aliphatic heterocycles. The van der Waals surface area contributed by atoms with Crippen LogP contribution in [0.1, 0.15) is 32.6 Å². The van der Waals surface area contributed by atoms with Crippen molar-refractivity contribution in [2.24, 2.45) is 5.92 Å². The third-order valence-corrected chi connectivity index (χ3v) is 4.56. The van der Waals surface area contributed by atoms with Crippen molar-refractivity contribution in [3.63, 3.8) is 0 Å². The molecule has 0 aromatic heterocycles. The largest absolute Gasteiger partial charge is 0.344 e. The Balaban J connectivity index is 1.84. The topological polar surface area (TPSA) is 35.6 Å². The van der Waals surface area contributed by atoms with Gasteiger partial charge in [-0.15, -0.1) is 0 Å². The summed E-state index contributed by atoms with van der Waals surface area (Å²) in [5.41, 5.74) is -0.305. The van der Waals surface area contributed by atoms with Gasteiger partial charge in [0.05, 0.1) is 5.54 Å². The van der Waals surface area contributed by atoms with Crippen LogP contribution in [0.5, 0.6) is 0 Å². The van der Waals surface area contributed by atoms with Crippen molar-refractivity contribution in [3.8, 4) is 0 Å².